The van der Waals surface area contributed by atoms with Crippen LogP contribution in [-0.2, 0) is 6.42 Å². The maximum absolute atomic E-state index is 13.9. The number of aryl methyl sites for hydroxylation is 1. The number of hydrogen-bond donors (Lipinski definition) is 0. The Morgan fingerprint density at radius 2 is 1.94 bits per heavy atom. The van der Waals surface area contributed by atoms with E-state index in [-0.39, 0.29) is 18.1 Å². The predicted molar refractivity (Wildman–Crippen MR) is 129 cm³/mol. The molecule has 0 saturated heterocycles. The second kappa shape index (κ2) is 7.90. The number of carbonyl (C=O) groups is 1. The van der Waals surface area contributed by atoms with E-state index in [2.05, 4.69) is 52.8 Å². The van der Waals surface area contributed by atoms with E-state index in [4.69, 9.17) is 4.98 Å². The Morgan fingerprint density at radius 3 is 2.74 bits per heavy atom. The summed E-state index contributed by atoms with van der Waals surface area (Å²) in [5.41, 5.74) is 4.73. The van der Waals surface area contributed by atoms with Gasteiger partial charge in [0.05, 0.1) is 12.0 Å². The quantitative estimate of drug-likeness (QED) is 0.437. The number of imidazole rings is 1. The minimum atomic E-state index is -0.243. The molecule has 4 aromatic rings. The fraction of sp³-hybridized carbons (Fsp3) is 0.346. The van der Waals surface area contributed by atoms with E-state index in [9.17, 15) is 4.79 Å². The summed E-state index contributed by atoms with van der Waals surface area (Å²) in [6.07, 6.45) is 8.50. The average Bonchev–Trinajstić information content (AvgIpc) is 3.34. The van der Waals surface area contributed by atoms with Crippen molar-refractivity contribution in [3.63, 3.8) is 0 Å². The molecular weight excluding hydrogens is 426 g/mol. The Balaban J connectivity index is 1.46. The lowest BCUT2D eigenvalue weighted by atomic mass is 9.94. The highest BCUT2D eigenvalue weighted by molar-refractivity contribution is 6.08. The van der Waals surface area contributed by atoms with Gasteiger partial charge in [-0.15, -0.1) is 10.2 Å². The van der Waals surface area contributed by atoms with Crippen LogP contribution in [-0.4, -0.2) is 35.2 Å². The number of nitrogens with zero attached hydrogens (tertiary/aromatic N) is 7. The number of rotatable bonds is 5. The highest BCUT2D eigenvalue weighted by Crippen LogP contribution is 2.40. The average molecular weight is 454 g/mol. The van der Waals surface area contributed by atoms with Gasteiger partial charge in [0.15, 0.2) is 5.82 Å². The number of amides is 1. The summed E-state index contributed by atoms with van der Waals surface area (Å²) < 4.78 is 4.05. The van der Waals surface area contributed by atoms with Crippen molar-refractivity contribution in [1.29, 1.82) is 0 Å². The van der Waals surface area contributed by atoms with Gasteiger partial charge in [-0.2, -0.15) is 0 Å². The number of pyridine rings is 1. The van der Waals surface area contributed by atoms with E-state index in [0.717, 1.165) is 22.4 Å². The molecule has 34 heavy (non-hydrogen) atoms. The monoisotopic (exact) mass is 453 g/mol. The molecule has 1 atom stereocenters. The number of aromatic nitrogens is 6. The van der Waals surface area contributed by atoms with Gasteiger partial charge in [-0.05, 0) is 57.4 Å². The molecule has 1 amide bonds. The molecule has 1 fully saturated rings. The molecule has 1 aliphatic heterocycles. The molecule has 2 aliphatic rings. The first-order chi connectivity index (χ1) is 16.5. The molecule has 0 radical (unpaired) electrons. The molecule has 0 bridgehead atoms. The maximum atomic E-state index is 13.9. The van der Waals surface area contributed by atoms with E-state index in [1.165, 1.54) is 12.8 Å². The lowest BCUT2D eigenvalue weighted by Crippen LogP contribution is -2.43. The Hall–Kier alpha value is -3.81. The number of carbonyl (C=O) groups excluding carboxylic acids is 1. The fourth-order valence-electron chi connectivity index (χ4n) is 4.74. The first kappa shape index (κ1) is 20.8. The maximum Gasteiger partial charge on any atom is 0.261 e. The van der Waals surface area contributed by atoms with Crippen molar-refractivity contribution in [2.75, 3.05) is 4.90 Å². The molecule has 8 nitrogen and oxygen atoms in total. The zero-order valence-corrected chi connectivity index (χ0v) is 19.6. The van der Waals surface area contributed by atoms with Crippen LogP contribution in [0.5, 0.6) is 0 Å². The van der Waals surface area contributed by atoms with Crippen molar-refractivity contribution in [3.8, 4) is 11.5 Å². The molecule has 1 unspecified atom stereocenters. The Kier molecular flexibility index (Phi) is 4.83. The lowest BCUT2D eigenvalue weighted by Gasteiger charge is -2.36. The molecule has 1 saturated carbocycles. The molecule has 6 rings (SSSR count). The zero-order chi connectivity index (χ0) is 23.4. The van der Waals surface area contributed by atoms with Crippen molar-refractivity contribution in [1.82, 2.24) is 29.3 Å². The van der Waals surface area contributed by atoms with Crippen molar-refractivity contribution in [2.45, 2.75) is 58.2 Å². The Morgan fingerprint density at radius 1 is 1.09 bits per heavy atom. The summed E-state index contributed by atoms with van der Waals surface area (Å²) >= 11 is 0. The van der Waals surface area contributed by atoms with Gasteiger partial charge in [0.25, 0.3) is 5.91 Å². The van der Waals surface area contributed by atoms with Gasteiger partial charge < -0.3 is 9.13 Å². The minimum Gasteiger partial charge on any atom is -0.315 e. The highest BCUT2D eigenvalue weighted by atomic mass is 16.2. The van der Waals surface area contributed by atoms with Crippen LogP contribution in [0.1, 0.15) is 72.0 Å². The topological polar surface area (TPSA) is 81.7 Å². The minimum absolute atomic E-state index is 0.0529. The van der Waals surface area contributed by atoms with E-state index < -0.39 is 0 Å². The summed E-state index contributed by atoms with van der Waals surface area (Å²) in [7, 11) is 0. The van der Waals surface area contributed by atoms with Gasteiger partial charge in [-0.3, -0.25) is 9.69 Å². The van der Waals surface area contributed by atoms with Crippen LogP contribution in [0.3, 0.4) is 0 Å². The Labute approximate surface area is 198 Å². The number of hydrogen-bond acceptors (Lipinski definition) is 5. The number of anilines is 1. The van der Waals surface area contributed by atoms with Crippen LogP contribution < -0.4 is 4.90 Å². The molecule has 0 N–H and O–H groups in total. The van der Waals surface area contributed by atoms with Gasteiger partial charge in [0.1, 0.15) is 24.0 Å². The molecule has 1 aromatic carbocycles. The highest BCUT2D eigenvalue weighted by Gasteiger charge is 2.36. The fourth-order valence-corrected chi connectivity index (χ4v) is 4.74. The molecular formula is C26H27N7O. The molecule has 8 heteroatoms. The van der Waals surface area contributed by atoms with E-state index in [1.807, 2.05) is 41.2 Å². The molecule has 1 aliphatic carbocycles. The number of benzene rings is 1. The summed E-state index contributed by atoms with van der Waals surface area (Å²) in [5.74, 6) is 1.78. The van der Waals surface area contributed by atoms with Gasteiger partial charge in [-0.25, -0.2) is 9.97 Å². The largest absolute Gasteiger partial charge is 0.315 e. The van der Waals surface area contributed by atoms with Crippen LogP contribution in [0, 0.1) is 6.92 Å². The summed E-state index contributed by atoms with van der Waals surface area (Å²) in [4.78, 5) is 25.2. The third-order valence-electron chi connectivity index (χ3n) is 6.71. The first-order valence-corrected chi connectivity index (χ1v) is 11.8. The normalized spacial score (nSPS) is 17.9. The first-order valence-electron chi connectivity index (χ1n) is 11.8. The Bertz CT molecular complexity index is 1380. The van der Waals surface area contributed by atoms with Crippen molar-refractivity contribution in [2.24, 2.45) is 0 Å². The van der Waals surface area contributed by atoms with Crippen molar-refractivity contribution >= 4 is 11.7 Å². The van der Waals surface area contributed by atoms with Crippen LogP contribution in [0.4, 0.5) is 5.82 Å². The van der Waals surface area contributed by atoms with Gasteiger partial charge in [0, 0.05) is 30.1 Å². The lowest BCUT2D eigenvalue weighted by molar-refractivity contribution is 0.0953. The van der Waals surface area contributed by atoms with Crippen molar-refractivity contribution in [3.05, 3.63) is 77.6 Å². The third-order valence-corrected chi connectivity index (χ3v) is 6.71. The standard InChI is InChI=1S/C26H27N7O/c1-16(2)32-15-28-30-25(32)21-5-4-6-23(29-21)33-24(31-13-22(27-14-31)18-8-9-18)12-19-11-17(3)7-10-20(19)26(33)34/h4-7,10-11,13-16,18,24H,8-9,12H2,1-3H3. The van der Waals surface area contributed by atoms with Crippen LogP contribution in [0.15, 0.2) is 55.2 Å². The molecule has 3 aromatic heterocycles. The van der Waals surface area contributed by atoms with Crippen LogP contribution in [0.25, 0.3) is 11.5 Å². The summed E-state index contributed by atoms with van der Waals surface area (Å²) in [6, 6.07) is 12.0. The van der Waals surface area contributed by atoms with E-state index in [1.54, 1.807) is 11.2 Å². The van der Waals surface area contributed by atoms with Gasteiger partial charge in [-0.1, -0.05) is 23.8 Å². The number of fused-ring (bicyclic) bond motifs is 1. The molecule has 172 valence electrons. The summed E-state index contributed by atoms with van der Waals surface area (Å²) in [5, 5.41) is 8.38. The zero-order valence-electron chi connectivity index (χ0n) is 19.6. The van der Waals surface area contributed by atoms with Crippen molar-refractivity contribution < 1.29 is 4.79 Å². The second-order valence-electron chi connectivity index (χ2n) is 9.58. The molecule has 4 heterocycles. The van der Waals surface area contributed by atoms with E-state index >= 15 is 0 Å². The summed E-state index contributed by atoms with van der Waals surface area (Å²) in [6.45, 7) is 6.22. The smallest absolute Gasteiger partial charge is 0.261 e. The van der Waals surface area contributed by atoms with E-state index in [0.29, 0.717) is 29.7 Å². The third kappa shape index (κ3) is 3.50. The van der Waals surface area contributed by atoms with Gasteiger partial charge >= 0.3 is 0 Å². The predicted octanol–water partition coefficient (Wildman–Crippen LogP) is 4.71. The second-order valence-corrected chi connectivity index (χ2v) is 9.58. The SMILES string of the molecule is Cc1ccc2c(c1)CC(n1cnc(C3CC3)c1)N(c1cccc(-c3nncn3C(C)C)n1)C2=O. The van der Waals surface area contributed by atoms with Gasteiger partial charge in [0.2, 0.25) is 0 Å². The molecule has 0 spiro atoms. The van der Waals surface area contributed by atoms with Crippen LogP contribution >= 0.6 is 0 Å². The van der Waals surface area contributed by atoms with Crippen LogP contribution in [0.2, 0.25) is 0 Å².